The zero-order valence-electron chi connectivity index (χ0n) is 10.6. The molecule has 3 nitrogen and oxygen atoms in total. The fourth-order valence-electron chi connectivity index (χ4n) is 2.08. The van der Waals surface area contributed by atoms with E-state index in [0.717, 1.165) is 12.1 Å². The maximum Gasteiger partial charge on any atom is 0.308 e. The minimum atomic E-state index is -0.400. The highest BCUT2D eigenvalue weighted by atomic mass is 16.6. The highest BCUT2D eigenvalue weighted by Gasteiger charge is 2.25. The molecule has 0 aliphatic carbocycles. The van der Waals surface area contributed by atoms with Crippen LogP contribution < -0.4 is 5.32 Å². The third-order valence-electron chi connectivity index (χ3n) is 2.68. The molecule has 1 aromatic carbocycles. The Labute approximate surface area is 102 Å². The number of nitrogens with one attached hydrogen (secondary N) is 1. The van der Waals surface area contributed by atoms with Gasteiger partial charge in [-0.15, -0.1) is 0 Å². The van der Waals surface area contributed by atoms with E-state index in [-0.39, 0.29) is 12.0 Å². The van der Waals surface area contributed by atoms with Crippen molar-refractivity contribution >= 4 is 11.7 Å². The lowest BCUT2D eigenvalue weighted by Gasteiger charge is -2.20. The van der Waals surface area contributed by atoms with Gasteiger partial charge in [0.15, 0.2) is 0 Å². The second-order valence-electron chi connectivity index (χ2n) is 5.49. The molecule has 0 amide bonds. The molecule has 0 spiro atoms. The van der Waals surface area contributed by atoms with Gasteiger partial charge in [0.2, 0.25) is 0 Å². The van der Waals surface area contributed by atoms with Crippen LogP contribution in [0.2, 0.25) is 0 Å². The van der Waals surface area contributed by atoms with E-state index in [0.29, 0.717) is 6.42 Å². The number of ether oxygens (including phenoxy) is 1. The SMILES string of the molecule is CC(C)(C)OC(=O)C[C@@H]1Cc2ccccc2N1. The number of rotatable bonds is 2. The third kappa shape index (κ3) is 3.22. The molecular weight excluding hydrogens is 214 g/mol. The van der Waals surface area contributed by atoms with Crippen LogP contribution in [-0.4, -0.2) is 17.6 Å². The van der Waals surface area contributed by atoms with Crippen molar-refractivity contribution in [3.05, 3.63) is 29.8 Å². The lowest BCUT2D eigenvalue weighted by Crippen LogP contribution is -2.28. The van der Waals surface area contributed by atoms with Gasteiger partial charge < -0.3 is 10.1 Å². The van der Waals surface area contributed by atoms with Crippen molar-refractivity contribution < 1.29 is 9.53 Å². The van der Waals surface area contributed by atoms with E-state index in [1.165, 1.54) is 5.56 Å². The quantitative estimate of drug-likeness (QED) is 0.798. The van der Waals surface area contributed by atoms with Crippen molar-refractivity contribution in [3.8, 4) is 0 Å². The first-order valence-electron chi connectivity index (χ1n) is 6.00. The summed E-state index contributed by atoms with van der Waals surface area (Å²) in [6, 6.07) is 8.34. The van der Waals surface area contributed by atoms with E-state index in [9.17, 15) is 4.79 Å². The minimum Gasteiger partial charge on any atom is -0.460 e. The molecule has 0 fully saturated rings. The van der Waals surface area contributed by atoms with Crippen molar-refractivity contribution in [2.75, 3.05) is 5.32 Å². The van der Waals surface area contributed by atoms with Gasteiger partial charge >= 0.3 is 5.97 Å². The molecular formula is C14H19NO2. The summed E-state index contributed by atoms with van der Waals surface area (Å²) in [5.74, 6) is -0.136. The van der Waals surface area contributed by atoms with Crippen molar-refractivity contribution in [3.63, 3.8) is 0 Å². The molecule has 1 aliphatic rings. The van der Waals surface area contributed by atoms with Gasteiger partial charge in [-0.1, -0.05) is 18.2 Å². The molecule has 92 valence electrons. The summed E-state index contributed by atoms with van der Waals surface area (Å²) >= 11 is 0. The molecule has 1 heterocycles. The van der Waals surface area contributed by atoms with Crippen molar-refractivity contribution in [2.24, 2.45) is 0 Å². The van der Waals surface area contributed by atoms with Crippen LogP contribution in [0.15, 0.2) is 24.3 Å². The molecule has 17 heavy (non-hydrogen) atoms. The summed E-state index contributed by atoms with van der Waals surface area (Å²) in [6.45, 7) is 5.67. The van der Waals surface area contributed by atoms with Crippen LogP contribution in [0.4, 0.5) is 5.69 Å². The summed E-state index contributed by atoms with van der Waals surface area (Å²) in [6.07, 6.45) is 1.32. The zero-order chi connectivity index (χ0) is 12.5. The molecule has 3 heteroatoms. The zero-order valence-corrected chi connectivity index (χ0v) is 10.6. The second kappa shape index (κ2) is 4.40. The molecule has 1 aliphatic heterocycles. The van der Waals surface area contributed by atoms with Crippen LogP contribution in [0.25, 0.3) is 0 Å². The van der Waals surface area contributed by atoms with Gasteiger partial charge in [-0.25, -0.2) is 0 Å². The molecule has 1 aromatic rings. The summed E-state index contributed by atoms with van der Waals surface area (Å²) in [4.78, 5) is 11.7. The lowest BCUT2D eigenvalue weighted by atomic mass is 10.1. The van der Waals surface area contributed by atoms with Crippen molar-refractivity contribution in [1.82, 2.24) is 0 Å². The Hall–Kier alpha value is -1.51. The first kappa shape index (κ1) is 12.0. The van der Waals surface area contributed by atoms with E-state index >= 15 is 0 Å². The summed E-state index contributed by atoms with van der Waals surface area (Å²) < 4.78 is 5.32. The molecule has 1 atom stereocenters. The predicted octanol–water partition coefficient (Wildman–Crippen LogP) is 2.76. The summed E-state index contributed by atoms with van der Waals surface area (Å²) in [7, 11) is 0. The average molecular weight is 233 g/mol. The average Bonchev–Trinajstić information content (AvgIpc) is 2.55. The fraction of sp³-hybridized carbons (Fsp3) is 0.500. The smallest absolute Gasteiger partial charge is 0.308 e. The Morgan fingerprint density at radius 2 is 2.12 bits per heavy atom. The van der Waals surface area contributed by atoms with E-state index in [4.69, 9.17) is 4.74 Å². The number of benzene rings is 1. The Kier molecular flexibility index (Phi) is 3.09. The first-order valence-corrected chi connectivity index (χ1v) is 6.00. The highest BCUT2D eigenvalue weighted by molar-refractivity contribution is 5.72. The summed E-state index contributed by atoms with van der Waals surface area (Å²) in [5.41, 5.74) is 2.02. The number of anilines is 1. The Bertz CT molecular complexity index is 395. The Morgan fingerprint density at radius 3 is 2.76 bits per heavy atom. The van der Waals surface area contributed by atoms with Gasteiger partial charge in [0.05, 0.1) is 6.42 Å². The third-order valence-corrected chi connectivity index (χ3v) is 2.68. The fourth-order valence-corrected chi connectivity index (χ4v) is 2.08. The molecule has 0 unspecified atom stereocenters. The van der Waals surface area contributed by atoms with Gasteiger partial charge in [0.25, 0.3) is 0 Å². The predicted molar refractivity (Wildman–Crippen MR) is 68.0 cm³/mol. The van der Waals surface area contributed by atoms with Gasteiger partial charge in [0, 0.05) is 11.7 Å². The van der Waals surface area contributed by atoms with Crippen LogP contribution in [0.1, 0.15) is 32.8 Å². The number of esters is 1. The van der Waals surface area contributed by atoms with E-state index in [1.54, 1.807) is 0 Å². The highest BCUT2D eigenvalue weighted by Crippen LogP contribution is 2.26. The minimum absolute atomic E-state index is 0.136. The maximum absolute atomic E-state index is 11.7. The Morgan fingerprint density at radius 1 is 1.41 bits per heavy atom. The van der Waals surface area contributed by atoms with E-state index < -0.39 is 5.60 Å². The van der Waals surface area contributed by atoms with Crippen LogP contribution in [0.5, 0.6) is 0 Å². The Balaban J connectivity index is 1.90. The number of fused-ring (bicyclic) bond motifs is 1. The largest absolute Gasteiger partial charge is 0.460 e. The number of hydrogen-bond donors (Lipinski definition) is 1. The van der Waals surface area contributed by atoms with Crippen molar-refractivity contribution in [2.45, 2.75) is 45.3 Å². The van der Waals surface area contributed by atoms with Gasteiger partial charge in [-0.05, 0) is 38.8 Å². The molecule has 0 aromatic heterocycles. The van der Waals surface area contributed by atoms with Crippen LogP contribution in [-0.2, 0) is 16.0 Å². The monoisotopic (exact) mass is 233 g/mol. The molecule has 0 saturated heterocycles. The second-order valence-corrected chi connectivity index (χ2v) is 5.49. The van der Waals surface area contributed by atoms with E-state index in [2.05, 4.69) is 11.4 Å². The molecule has 0 radical (unpaired) electrons. The van der Waals surface area contributed by atoms with Gasteiger partial charge in [-0.3, -0.25) is 4.79 Å². The normalized spacial score (nSPS) is 18.4. The van der Waals surface area contributed by atoms with Crippen LogP contribution >= 0.6 is 0 Å². The molecule has 0 saturated carbocycles. The van der Waals surface area contributed by atoms with Crippen molar-refractivity contribution in [1.29, 1.82) is 0 Å². The van der Waals surface area contributed by atoms with Gasteiger partial charge in [0.1, 0.15) is 5.60 Å². The summed E-state index contributed by atoms with van der Waals surface area (Å²) in [5, 5.41) is 3.35. The molecule has 2 rings (SSSR count). The number of para-hydroxylation sites is 1. The van der Waals surface area contributed by atoms with Gasteiger partial charge in [-0.2, -0.15) is 0 Å². The number of hydrogen-bond acceptors (Lipinski definition) is 3. The molecule has 1 N–H and O–H groups in total. The van der Waals surface area contributed by atoms with E-state index in [1.807, 2.05) is 39.0 Å². The lowest BCUT2D eigenvalue weighted by molar-refractivity contribution is -0.155. The van der Waals surface area contributed by atoms with Crippen LogP contribution in [0, 0.1) is 0 Å². The first-order chi connectivity index (χ1) is 7.94. The standard InChI is InChI=1S/C14H19NO2/c1-14(2,3)17-13(16)9-11-8-10-6-4-5-7-12(10)15-11/h4-7,11,15H,8-9H2,1-3H3/t11-/m0/s1. The molecule has 0 bridgehead atoms. The number of carbonyl (C=O) groups excluding carboxylic acids is 1. The number of carbonyl (C=O) groups is 1. The maximum atomic E-state index is 11.7. The topological polar surface area (TPSA) is 38.3 Å². The van der Waals surface area contributed by atoms with Crippen LogP contribution in [0.3, 0.4) is 0 Å².